The summed E-state index contributed by atoms with van der Waals surface area (Å²) < 4.78 is 10.4. The number of nitrogen functional groups attached to an aromatic ring is 1. The van der Waals surface area contributed by atoms with Gasteiger partial charge in [-0.2, -0.15) is 15.0 Å². The molecule has 0 saturated heterocycles. The van der Waals surface area contributed by atoms with E-state index in [9.17, 15) is 0 Å². The summed E-state index contributed by atoms with van der Waals surface area (Å²) in [4.78, 5) is 12.0. The Hall–Kier alpha value is -1.63. The van der Waals surface area contributed by atoms with E-state index in [0.717, 1.165) is 0 Å². The van der Waals surface area contributed by atoms with Gasteiger partial charge in [-0.15, -0.1) is 0 Å². The van der Waals surface area contributed by atoms with Crippen molar-refractivity contribution >= 4 is 11.9 Å². The molecule has 1 unspecified atom stereocenters. The fourth-order valence-electron chi connectivity index (χ4n) is 1.32. The topological polar surface area (TPSA) is 95.2 Å². The molecule has 1 aromatic heterocycles. The van der Waals surface area contributed by atoms with Crippen molar-refractivity contribution in [3.63, 3.8) is 0 Å². The van der Waals surface area contributed by atoms with Crippen LogP contribution in [0.1, 0.15) is 20.8 Å². The van der Waals surface area contributed by atoms with Crippen LogP contribution in [0.5, 0.6) is 6.01 Å². The van der Waals surface area contributed by atoms with Crippen LogP contribution in [0, 0.1) is 5.92 Å². The third-order valence-electron chi connectivity index (χ3n) is 2.03. The zero-order valence-corrected chi connectivity index (χ0v) is 11.3. The monoisotopic (exact) mass is 255 g/mol. The Bertz CT molecular complexity index is 372. The first-order chi connectivity index (χ1) is 8.51. The van der Waals surface area contributed by atoms with Crippen molar-refractivity contribution in [3.8, 4) is 6.01 Å². The van der Waals surface area contributed by atoms with Crippen molar-refractivity contribution in [1.29, 1.82) is 0 Å². The molecule has 1 aromatic rings. The quantitative estimate of drug-likeness (QED) is 0.748. The lowest BCUT2D eigenvalue weighted by Crippen LogP contribution is -2.18. The van der Waals surface area contributed by atoms with Crippen molar-refractivity contribution in [1.82, 2.24) is 15.0 Å². The van der Waals surface area contributed by atoms with Gasteiger partial charge in [0.15, 0.2) is 0 Å². The second-order valence-corrected chi connectivity index (χ2v) is 4.41. The maximum absolute atomic E-state index is 5.59. The summed E-state index contributed by atoms with van der Waals surface area (Å²) >= 11 is 0. The highest BCUT2D eigenvalue weighted by Gasteiger charge is 2.08. The second kappa shape index (κ2) is 6.95. The number of aromatic nitrogens is 3. The van der Waals surface area contributed by atoms with Crippen LogP contribution in [-0.4, -0.2) is 41.3 Å². The molecular weight excluding hydrogens is 234 g/mol. The van der Waals surface area contributed by atoms with Gasteiger partial charge in [-0.3, -0.25) is 0 Å². The normalized spacial score (nSPS) is 12.5. The summed E-state index contributed by atoms with van der Waals surface area (Å²) in [5, 5.41) is 3.08. The van der Waals surface area contributed by atoms with E-state index in [2.05, 4.69) is 27.2 Å². The third kappa shape index (κ3) is 5.13. The summed E-state index contributed by atoms with van der Waals surface area (Å²) in [6.45, 7) is 7.22. The van der Waals surface area contributed by atoms with Crippen molar-refractivity contribution in [2.24, 2.45) is 5.92 Å². The molecule has 0 fully saturated rings. The number of ether oxygens (including phenoxy) is 2. The van der Waals surface area contributed by atoms with E-state index in [1.165, 1.54) is 0 Å². The first kappa shape index (κ1) is 14.4. The number of anilines is 2. The van der Waals surface area contributed by atoms with Crippen molar-refractivity contribution in [2.75, 3.05) is 31.3 Å². The summed E-state index contributed by atoms with van der Waals surface area (Å²) in [6, 6.07) is 0.236. The van der Waals surface area contributed by atoms with E-state index in [-0.39, 0.29) is 18.1 Å². The Morgan fingerprint density at radius 1 is 1.22 bits per heavy atom. The standard InChI is InChI=1S/C11H21N5O2/c1-7(2)18-11-15-9(12)14-10(16-11)13-5-8(3)6-17-4/h7-8H,5-6H2,1-4H3,(H3,12,13,14,15,16). The van der Waals surface area contributed by atoms with E-state index >= 15 is 0 Å². The second-order valence-electron chi connectivity index (χ2n) is 4.41. The zero-order chi connectivity index (χ0) is 13.5. The molecule has 7 heteroatoms. The van der Waals surface area contributed by atoms with Crippen LogP contribution in [0.2, 0.25) is 0 Å². The van der Waals surface area contributed by atoms with Gasteiger partial charge in [-0.1, -0.05) is 6.92 Å². The minimum Gasteiger partial charge on any atom is -0.461 e. The van der Waals surface area contributed by atoms with Gasteiger partial charge >= 0.3 is 6.01 Å². The fourth-order valence-corrected chi connectivity index (χ4v) is 1.32. The molecule has 3 N–H and O–H groups in total. The van der Waals surface area contributed by atoms with Crippen LogP contribution in [0.15, 0.2) is 0 Å². The molecule has 7 nitrogen and oxygen atoms in total. The summed E-state index contributed by atoms with van der Waals surface area (Å²) in [7, 11) is 1.67. The van der Waals surface area contributed by atoms with Crippen LogP contribution in [0.25, 0.3) is 0 Å². The molecule has 0 aliphatic rings. The molecule has 18 heavy (non-hydrogen) atoms. The maximum atomic E-state index is 5.59. The van der Waals surface area contributed by atoms with Crippen molar-refractivity contribution in [2.45, 2.75) is 26.9 Å². The average Bonchev–Trinajstić information content (AvgIpc) is 2.25. The molecule has 0 aliphatic carbocycles. The van der Waals surface area contributed by atoms with Gasteiger partial charge in [0.25, 0.3) is 0 Å². The van der Waals surface area contributed by atoms with E-state index in [4.69, 9.17) is 15.2 Å². The Balaban J connectivity index is 2.62. The number of nitrogens with one attached hydrogen (secondary N) is 1. The van der Waals surface area contributed by atoms with Gasteiger partial charge in [-0.25, -0.2) is 0 Å². The third-order valence-corrected chi connectivity index (χ3v) is 2.03. The van der Waals surface area contributed by atoms with E-state index in [1.54, 1.807) is 7.11 Å². The summed E-state index contributed by atoms with van der Waals surface area (Å²) in [6.07, 6.45) is -0.00735. The first-order valence-corrected chi connectivity index (χ1v) is 5.92. The number of rotatable bonds is 7. The summed E-state index contributed by atoms with van der Waals surface area (Å²) in [5.41, 5.74) is 5.59. The molecule has 0 aromatic carbocycles. The zero-order valence-electron chi connectivity index (χ0n) is 11.3. The van der Waals surface area contributed by atoms with Crippen LogP contribution in [-0.2, 0) is 4.74 Å². The molecule has 1 atom stereocenters. The van der Waals surface area contributed by atoms with E-state index in [0.29, 0.717) is 25.0 Å². The number of hydrogen-bond acceptors (Lipinski definition) is 7. The van der Waals surface area contributed by atoms with E-state index in [1.807, 2.05) is 13.8 Å². The van der Waals surface area contributed by atoms with Crippen LogP contribution in [0.3, 0.4) is 0 Å². The van der Waals surface area contributed by atoms with Gasteiger partial charge in [0.2, 0.25) is 11.9 Å². The predicted octanol–water partition coefficient (Wildman–Crippen LogP) is 0.935. The molecule has 102 valence electrons. The van der Waals surface area contributed by atoms with Crippen molar-refractivity contribution in [3.05, 3.63) is 0 Å². The van der Waals surface area contributed by atoms with Gasteiger partial charge in [0, 0.05) is 13.7 Å². The lowest BCUT2D eigenvalue weighted by Gasteiger charge is -2.13. The van der Waals surface area contributed by atoms with E-state index < -0.39 is 0 Å². The van der Waals surface area contributed by atoms with Crippen molar-refractivity contribution < 1.29 is 9.47 Å². The Labute approximate surface area is 107 Å². The smallest absolute Gasteiger partial charge is 0.323 e. The van der Waals surface area contributed by atoms with Gasteiger partial charge in [0.05, 0.1) is 12.7 Å². The highest BCUT2D eigenvalue weighted by atomic mass is 16.5. The largest absolute Gasteiger partial charge is 0.461 e. The average molecular weight is 255 g/mol. The molecule has 0 amide bonds. The number of methoxy groups -OCH3 is 1. The molecule has 0 radical (unpaired) electrons. The molecule has 0 aliphatic heterocycles. The lowest BCUT2D eigenvalue weighted by molar-refractivity contribution is 0.164. The molecule has 1 heterocycles. The number of nitrogens with two attached hydrogens (primary N) is 1. The number of nitrogens with zero attached hydrogens (tertiary/aromatic N) is 3. The Kier molecular flexibility index (Phi) is 5.57. The molecule has 0 saturated carbocycles. The predicted molar refractivity (Wildman–Crippen MR) is 69.5 cm³/mol. The first-order valence-electron chi connectivity index (χ1n) is 5.92. The lowest BCUT2D eigenvalue weighted by atomic mass is 10.2. The molecule has 1 rings (SSSR count). The highest BCUT2D eigenvalue weighted by Crippen LogP contribution is 2.10. The van der Waals surface area contributed by atoms with Crippen LogP contribution in [0.4, 0.5) is 11.9 Å². The molecule has 0 spiro atoms. The molecular formula is C11H21N5O2. The number of hydrogen-bond donors (Lipinski definition) is 2. The van der Waals surface area contributed by atoms with Crippen LogP contribution < -0.4 is 15.8 Å². The SMILES string of the molecule is COCC(C)CNc1nc(N)nc(OC(C)C)n1. The Morgan fingerprint density at radius 3 is 2.56 bits per heavy atom. The summed E-state index contributed by atoms with van der Waals surface area (Å²) in [5.74, 6) is 0.908. The fraction of sp³-hybridized carbons (Fsp3) is 0.727. The Morgan fingerprint density at radius 2 is 1.94 bits per heavy atom. The molecule has 0 bridgehead atoms. The minimum absolute atomic E-state index is 0.00735. The van der Waals surface area contributed by atoms with Gasteiger partial charge in [-0.05, 0) is 19.8 Å². The van der Waals surface area contributed by atoms with Gasteiger partial charge < -0.3 is 20.5 Å². The highest BCUT2D eigenvalue weighted by molar-refractivity contribution is 5.32. The maximum Gasteiger partial charge on any atom is 0.323 e. The van der Waals surface area contributed by atoms with Crippen LogP contribution >= 0.6 is 0 Å². The minimum atomic E-state index is -0.00735. The van der Waals surface area contributed by atoms with Gasteiger partial charge in [0.1, 0.15) is 0 Å².